The quantitative estimate of drug-likeness (QED) is 0.822. The lowest BCUT2D eigenvalue weighted by atomic mass is 10.00. The maximum atomic E-state index is 10.1. The van der Waals surface area contributed by atoms with Gasteiger partial charge in [0.15, 0.2) is 0 Å². The Balaban J connectivity index is 1.72. The molecule has 0 spiro atoms. The first kappa shape index (κ1) is 17.8. The second-order valence-electron chi connectivity index (χ2n) is 5.82. The Morgan fingerprint density at radius 1 is 1.36 bits per heavy atom. The van der Waals surface area contributed by atoms with Crippen LogP contribution in [0.4, 0.5) is 0 Å². The van der Waals surface area contributed by atoms with E-state index < -0.39 is 6.10 Å². The van der Waals surface area contributed by atoms with Crippen molar-refractivity contribution in [3.05, 3.63) is 28.2 Å². The third kappa shape index (κ3) is 5.94. The Hall–Kier alpha value is -0.520. The van der Waals surface area contributed by atoms with E-state index in [2.05, 4.69) is 4.90 Å². The fraction of sp³-hybridized carbons (Fsp3) is 0.625. The molecule has 0 amide bonds. The zero-order valence-electron chi connectivity index (χ0n) is 12.8. The van der Waals surface area contributed by atoms with Crippen molar-refractivity contribution in [1.82, 2.24) is 4.90 Å². The van der Waals surface area contributed by atoms with Gasteiger partial charge < -0.3 is 19.5 Å². The second kappa shape index (κ2) is 8.94. The van der Waals surface area contributed by atoms with E-state index >= 15 is 0 Å². The number of nitrogens with zero attached hydrogens (tertiary/aromatic N) is 1. The summed E-state index contributed by atoms with van der Waals surface area (Å²) >= 11 is 11.9. The van der Waals surface area contributed by atoms with Crippen LogP contribution in [0.1, 0.15) is 12.8 Å². The van der Waals surface area contributed by atoms with Crippen LogP contribution in [0.3, 0.4) is 0 Å². The van der Waals surface area contributed by atoms with Gasteiger partial charge in [-0.05, 0) is 37.9 Å². The van der Waals surface area contributed by atoms with Gasteiger partial charge >= 0.3 is 0 Å². The predicted molar refractivity (Wildman–Crippen MR) is 89.0 cm³/mol. The molecule has 0 aromatic heterocycles. The van der Waals surface area contributed by atoms with Gasteiger partial charge in [-0.1, -0.05) is 23.2 Å². The summed E-state index contributed by atoms with van der Waals surface area (Å²) in [5, 5.41) is 11.2. The van der Waals surface area contributed by atoms with Crippen molar-refractivity contribution in [1.29, 1.82) is 0 Å². The molecule has 1 aliphatic rings. The van der Waals surface area contributed by atoms with Gasteiger partial charge in [0.25, 0.3) is 0 Å². The highest BCUT2D eigenvalue weighted by Gasteiger charge is 2.17. The lowest BCUT2D eigenvalue weighted by Gasteiger charge is -2.28. The number of aliphatic hydroxyl groups excluding tert-OH is 1. The average molecular weight is 348 g/mol. The third-order valence-electron chi connectivity index (χ3n) is 3.76. The number of hydrogen-bond donors (Lipinski definition) is 1. The summed E-state index contributed by atoms with van der Waals surface area (Å²) in [5.41, 5.74) is 0. The molecule has 4 nitrogen and oxygen atoms in total. The molecule has 0 bridgehead atoms. The van der Waals surface area contributed by atoms with E-state index in [4.69, 9.17) is 32.7 Å². The van der Waals surface area contributed by atoms with Crippen molar-refractivity contribution in [2.24, 2.45) is 5.92 Å². The summed E-state index contributed by atoms with van der Waals surface area (Å²) in [7, 11) is 2.02. The van der Waals surface area contributed by atoms with Crippen molar-refractivity contribution in [3.63, 3.8) is 0 Å². The summed E-state index contributed by atoms with van der Waals surface area (Å²) in [5.74, 6) is 1.15. The summed E-state index contributed by atoms with van der Waals surface area (Å²) in [6.07, 6.45) is 1.62. The van der Waals surface area contributed by atoms with E-state index in [9.17, 15) is 5.11 Å². The molecule has 0 saturated carbocycles. The number of ether oxygens (including phenoxy) is 2. The van der Waals surface area contributed by atoms with Crippen molar-refractivity contribution in [2.45, 2.75) is 18.9 Å². The van der Waals surface area contributed by atoms with E-state index in [-0.39, 0.29) is 6.61 Å². The van der Waals surface area contributed by atoms with Crippen LogP contribution < -0.4 is 4.74 Å². The molecule has 0 aliphatic carbocycles. The molecule has 6 heteroatoms. The summed E-state index contributed by atoms with van der Waals surface area (Å²) in [4.78, 5) is 2.14. The monoisotopic (exact) mass is 347 g/mol. The van der Waals surface area contributed by atoms with Crippen LogP contribution in [0.15, 0.2) is 18.2 Å². The largest absolute Gasteiger partial charge is 0.489 e. The van der Waals surface area contributed by atoms with Crippen LogP contribution in [-0.2, 0) is 4.74 Å². The van der Waals surface area contributed by atoms with Crippen molar-refractivity contribution in [2.75, 3.05) is 40.0 Å². The minimum atomic E-state index is -0.570. The minimum Gasteiger partial charge on any atom is -0.489 e. The highest BCUT2D eigenvalue weighted by Crippen LogP contribution is 2.27. The van der Waals surface area contributed by atoms with Gasteiger partial charge in [-0.2, -0.15) is 0 Å². The van der Waals surface area contributed by atoms with Gasteiger partial charge in [0.1, 0.15) is 18.5 Å². The molecule has 124 valence electrons. The normalized spacial score (nSPS) is 17.7. The molecule has 1 fully saturated rings. The predicted octanol–water partition coefficient (Wildman–Crippen LogP) is 3.09. The SMILES string of the molecule is CN(CC(O)COc1cc(Cl)ccc1Cl)CC1CCOCC1. The maximum absolute atomic E-state index is 10.1. The Labute approximate surface area is 141 Å². The third-order valence-corrected chi connectivity index (χ3v) is 4.30. The Morgan fingerprint density at radius 3 is 2.82 bits per heavy atom. The summed E-state index contributed by atoms with van der Waals surface area (Å²) < 4.78 is 10.9. The molecule has 1 heterocycles. The molecule has 1 unspecified atom stereocenters. The number of halogens is 2. The van der Waals surface area contributed by atoms with Crippen LogP contribution in [-0.4, -0.2) is 56.1 Å². The Kier molecular flexibility index (Phi) is 7.25. The molecule has 1 saturated heterocycles. The van der Waals surface area contributed by atoms with Gasteiger partial charge in [-0.3, -0.25) is 0 Å². The first-order valence-corrected chi connectivity index (χ1v) is 8.32. The van der Waals surface area contributed by atoms with E-state index in [1.165, 1.54) is 0 Å². The highest BCUT2D eigenvalue weighted by molar-refractivity contribution is 6.34. The second-order valence-corrected chi connectivity index (χ2v) is 6.66. The zero-order chi connectivity index (χ0) is 15.9. The first-order valence-electron chi connectivity index (χ1n) is 7.57. The van der Waals surface area contributed by atoms with Crippen LogP contribution in [0.2, 0.25) is 10.0 Å². The molecule has 1 aromatic rings. The Bertz CT molecular complexity index is 467. The van der Waals surface area contributed by atoms with Gasteiger partial charge in [-0.15, -0.1) is 0 Å². The zero-order valence-corrected chi connectivity index (χ0v) is 14.3. The smallest absolute Gasteiger partial charge is 0.139 e. The fourth-order valence-corrected chi connectivity index (χ4v) is 2.96. The van der Waals surface area contributed by atoms with Gasteiger partial charge in [0, 0.05) is 37.4 Å². The molecule has 0 radical (unpaired) electrons. The van der Waals surface area contributed by atoms with Crippen molar-refractivity contribution < 1.29 is 14.6 Å². The summed E-state index contributed by atoms with van der Waals surface area (Å²) in [6.45, 7) is 3.42. The summed E-state index contributed by atoms with van der Waals surface area (Å²) in [6, 6.07) is 5.04. The number of aliphatic hydroxyl groups is 1. The van der Waals surface area contributed by atoms with E-state index in [0.717, 1.165) is 32.6 Å². The molecule has 22 heavy (non-hydrogen) atoms. The van der Waals surface area contributed by atoms with Crippen LogP contribution in [0.5, 0.6) is 5.75 Å². The first-order chi connectivity index (χ1) is 10.5. The van der Waals surface area contributed by atoms with Crippen molar-refractivity contribution in [3.8, 4) is 5.75 Å². The van der Waals surface area contributed by atoms with E-state index in [0.29, 0.717) is 28.3 Å². The number of likely N-dealkylation sites (N-methyl/N-ethyl adjacent to an activating group) is 1. The van der Waals surface area contributed by atoms with Crippen molar-refractivity contribution >= 4 is 23.2 Å². The van der Waals surface area contributed by atoms with Crippen LogP contribution in [0, 0.1) is 5.92 Å². The number of rotatable bonds is 7. The van der Waals surface area contributed by atoms with Gasteiger partial charge in [0.05, 0.1) is 5.02 Å². The molecular formula is C16H23Cl2NO3. The Morgan fingerprint density at radius 2 is 2.09 bits per heavy atom. The fourth-order valence-electron chi connectivity index (χ4n) is 2.63. The number of benzene rings is 1. The lowest BCUT2D eigenvalue weighted by molar-refractivity contribution is 0.0399. The molecule has 1 atom stereocenters. The standard InChI is InChI=1S/C16H23Cl2NO3/c1-19(9-12-4-6-21-7-5-12)10-14(20)11-22-16-8-13(17)2-3-15(16)18/h2-3,8,12,14,20H,4-7,9-11H2,1H3. The van der Waals surface area contributed by atoms with Gasteiger partial charge in [-0.25, -0.2) is 0 Å². The van der Waals surface area contributed by atoms with Crippen LogP contribution >= 0.6 is 23.2 Å². The maximum Gasteiger partial charge on any atom is 0.139 e. The van der Waals surface area contributed by atoms with Gasteiger partial charge in [0.2, 0.25) is 0 Å². The minimum absolute atomic E-state index is 0.193. The highest BCUT2D eigenvalue weighted by atomic mass is 35.5. The molecule has 1 aliphatic heterocycles. The lowest BCUT2D eigenvalue weighted by Crippen LogP contribution is -2.37. The average Bonchev–Trinajstić information content (AvgIpc) is 2.49. The van der Waals surface area contributed by atoms with E-state index in [1.807, 2.05) is 7.05 Å². The van der Waals surface area contributed by atoms with E-state index in [1.54, 1.807) is 18.2 Å². The molecule has 1 N–H and O–H groups in total. The molecule has 1 aromatic carbocycles. The van der Waals surface area contributed by atoms with Crippen LogP contribution in [0.25, 0.3) is 0 Å². The molecule has 2 rings (SSSR count). The number of hydrogen-bond acceptors (Lipinski definition) is 4. The topological polar surface area (TPSA) is 41.9 Å². The molecular weight excluding hydrogens is 325 g/mol.